The average molecular weight is 304 g/mol. The summed E-state index contributed by atoms with van der Waals surface area (Å²) in [6, 6.07) is 7.95. The third kappa shape index (κ3) is 4.07. The van der Waals surface area contributed by atoms with E-state index >= 15 is 0 Å². The molecule has 0 radical (unpaired) electrons. The molecule has 0 spiro atoms. The number of hydrogen-bond donors (Lipinski definition) is 2. The lowest BCUT2D eigenvalue weighted by Gasteiger charge is -2.26. The van der Waals surface area contributed by atoms with Crippen LogP contribution in [0, 0.1) is 0 Å². The van der Waals surface area contributed by atoms with Crippen molar-refractivity contribution >= 4 is 5.70 Å². The van der Waals surface area contributed by atoms with E-state index in [1.807, 2.05) is 43.3 Å². The van der Waals surface area contributed by atoms with Crippen LogP contribution in [-0.4, -0.2) is 37.2 Å². The Hall–Kier alpha value is -1.88. The van der Waals surface area contributed by atoms with Gasteiger partial charge >= 0.3 is 0 Å². The Morgan fingerprint density at radius 1 is 1.05 bits per heavy atom. The molecule has 1 fully saturated rings. The number of ether oxygens (including phenoxy) is 1. The van der Waals surface area contributed by atoms with E-state index in [-0.39, 0.29) is 0 Å². The van der Waals surface area contributed by atoms with Gasteiger partial charge in [-0.2, -0.15) is 0 Å². The normalized spacial score (nSPS) is 16.9. The van der Waals surface area contributed by atoms with Gasteiger partial charge in [0.2, 0.25) is 0 Å². The van der Waals surface area contributed by atoms with Crippen molar-refractivity contribution in [1.29, 1.82) is 0 Å². The average Bonchev–Trinajstić information content (AvgIpc) is 2.48. The molecule has 0 atom stereocenters. The molecule has 0 aliphatic heterocycles. The molecule has 122 valence electrons. The molecule has 1 saturated carbocycles. The summed E-state index contributed by atoms with van der Waals surface area (Å²) in [4.78, 5) is 1.90. The summed E-state index contributed by atoms with van der Waals surface area (Å²) in [6.07, 6.45) is 6.56. The Kier molecular flexibility index (Phi) is 5.55. The first-order chi connectivity index (χ1) is 10.5. The van der Waals surface area contributed by atoms with Crippen molar-refractivity contribution in [3.63, 3.8) is 0 Å². The molecule has 1 aliphatic rings. The predicted octanol–water partition coefficient (Wildman–Crippen LogP) is 2.35. The first-order valence-electron chi connectivity index (χ1n) is 7.91. The fourth-order valence-electron chi connectivity index (χ4n) is 2.96. The van der Waals surface area contributed by atoms with Gasteiger partial charge in [0.25, 0.3) is 0 Å². The van der Waals surface area contributed by atoms with Crippen LogP contribution >= 0.6 is 0 Å². The molecule has 0 aromatic heterocycles. The lowest BCUT2D eigenvalue weighted by Crippen LogP contribution is -2.35. The summed E-state index contributed by atoms with van der Waals surface area (Å²) in [5, 5.41) is 1.53. The van der Waals surface area contributed by atoms with Crippen molar-refractivity contribution in [3.8, 4) is 5.75 Å². The van der Waals surface area contributed by atoms with Crippen LogP contribution < -0.4 is 16.3 Å². The minimum absolute atomic E-state index is 0.361. The molecule has 5 heteroatoms. The van der Waals surface area contributed by atoms with Gasteiger partial charge in [0, 0.05) is 26.7 Å². The van der Waals surface area contributed by atoms with Crippen molar-refractivity contribution in [2.45, 2.75) is 38.2 Å². The molecule has 5 nitrogen and oxygen atoms in total. The predicted molar refractivity (Wildman–Crippen MR) is 90.7 cm³/mol. The van der Waals surface area contributed by atoms with E-state index in [2.05, 4.69) is 0 Å². The van der Waals surface area contributed by atoms with Crippen molar-refractivity contribution in [3.05, 3.63) is 35.6 Å². The highest BCUT2D eigenvalue weighted by Crippen LogP contribution is 2.25. The zero-order chi connectivity index (χ0) is 16.1. The second-order valence-corrected chi connectivity index (χ2v) is 6.14. The Bertz CT molecular complexity index is 492. The van der Waals surface area contributed by atoms with Gasteiger partial charge in [-0.05, 0) is 49.9 Å². The van der Waals surface area contributed by atoms with E-state index in [1.165, 1.54) is 24.3 Å². The van der Waals surface area contributed by atoms with E-state index in [4.69, 9.17) is 16.3 Å². The lowest BCUT2D eigenvalue weighted by molar-refractivity contribution is 0.155. The number of nitrogens with two attached hydrogens (primary N) is 2. The summed E-state index contributed by atoms with van der Waals surface area (Å²) in [7, 11) is 5.63. The van der Waals surface area contributed by atoms with Crippen LogP contribution in [0.4, 0.5) is 0 Å². The third-order valence-corrected chi connectivity index (χ3v) is 4.02. The van der Waals surface area contributed by atoms with Crippen LogP contribution in [0.2, 0.25) is 0 Å². The molecular weight excluding hydrogens is 276 g/mol. The molecule has 0 heterocycles. The molecule has 4 N–H and O–H groups in total. The van der Waals surface area contributed by atoms with Crippen LogP contribution in [-0.2, 0) is 0 Å². The van der Waals surface area contributed by atoms with Gasteiger partial charge in [0.15, 0.2) is 0 Å². The number of rotatable bonds is 5. The van der Waals surface area contributed by atoms with Gasteiger partial charge in [0.1, 0.15) is 11.6 Å². The molecule has 0 bridgehead atoms. The zero-order valence-corrected chi connectivity index (χ0v) is 13.9. The summed E-state index contributed by atoms with van der Waals surface area (Å²) < 4.78 is 6.04. The minimum Gasteiger partial charge on any atom is -0.490 e. The third-order valence-electron chi connectivity index (χ3n) is 4.02. The molecule has 1 aromatic carbocycles. The highest BCUT2D eigenvalue weighted by molar-refractivity contribution is 5.65. The first kappa shape index (κ1) is 16.5. The SMILES string of the molecule is CN(C)/C(=C(/N)c1ccc(OC2CCCCC2)cc1)N(C)N. The Morgan fingerprint density at radius 2 is 1.64 bits per heavy atom. The Balaban J connectivity index is 2.12. The number of nitrogens with zero attached hydrogens (tertiary/aromatic N) is 2. The highest BCUT2D eigenvalue weighted by Gasteiger charge is 2.15. The van der Waals surface area contributed by atoms with E-state index in [0.29, 0.717) is 11.8 Å². The monoisotopic (exact) mass is 304 g/mol. The smallest absolute Gasteiger partial charge is 0.142 e. The molecule has 1 aliphatic carbocycles. The van der Waals surface area contributed by atoms with E-state index < -0.39 is 0 Å². The summed E-state index contributed by atoms with van der Waals surface area (Å²) in [6.45, 7) is 0. The van der Waals surface area contributed by atoms with Gasteiger partial charge in [-0.3, -0.25) is 5.01 Å². The Labute approximate surface area is 133 Å². The Morgan fingerprint density at radius 3 is 2.14 bits per heavy atom. The van der Waals surface area contributed by atoms with Crippen LogP contribution in [0.5, 0.6) is 5.75 Å². The molecule has 22 heavy (non-hydrogen) atoms. The van der Waals surface area contributed by atoms with E-state index in [9.17, 15) is 0 Å². The molecule has 1 aromatic rings. The van der Waals surface area contributed by atoms with Crippen molar-refractivity contribution < 1.29 is 4.74 Å². The second-order valence-electron chi connectivity index (χ2n) is 6.14. The van der Waals surface area contributed by atoms with Gasteiger partial charge in [-0.1, -0.05) is 6.42 Å². The van der Waals surface area contributed by atoms with Gasteiger partial charge in [-0.15, -0.1) is 0 Å². The molecular formula is C17H28N4O. The molecule has 0 amide bonds. The number of benzene rings is 1. The van der Waals surface area contributed by atoms with Crippen LogP contribution in [0.15, 0.2) is 30.1 Å². The number of hydrogen-bond acceptors (Lipinski definition) is 5. The van der Waals surface area contributed by atoms with Crippen molar-refractivity contribution in [2.75, 3.05) is 21.1 Å². The lowest BCUT2D eigenvalue weighted by atomic mass is 9.98. The quantitative estimate of drug-likeness (QED) is 0.645. The standard InChI is InChI=1S/C17H28N4O/c1-20(2)17(21(3)19)16(18)13-9-11-15(12-10-13)22-14-7-5-4-6-8-14/h9-12,14H,4-8,18-19H2,1-3H3/b17-16-. The molecule has 0 unspecified atom stereocenters. The van der Waals surface area contributed by atoms with Gasteiger partial charge < -0.3 is 15.4 Å². The number of hydrazine groups is 1. The summed E-state index contributed by atoms with van der Waals surface area (Å²) in [5.41, 5.74) is 7.84. The largest absolute Gasteiger partial charge is 0.490 e. The highest BCUT2D eigenvalue weighted by atomic mass is 16.5. The maximum absolute atomic E-state index is 6.25. The molecule has 0 saturated heterocycles. The van der Waals surface area contributed by atoms with E-state index in [1.54, 1.807) is 7.05 Å². The zero-order valence-electron chi connectivity index (χ0n) is 13.9. The van der Waals surface area contributed by atoms with Crippen LogP contribution in [0.25, 0.3) is 5.70 Å². The fraction of sp³-hybridized carbons (Fsp3) is 0.529. The van der Waals surface area contributed by atoms with Crippen molar-refractivity contribution in [2.24, 2.45) is 11.6 Å². The van der Waals surface area contributed by atoms with Crippen molar-refractivity contribution in [1.82, 2.24) is 9.91 Å². The van der Waals surface area contributed by atoms with Crippen LogP contribution in [0.1, 0.15) is 37.7 Å². The van der Waals surface area contributed by atoms with Gasteiger partial charge in [-0.25, -0.2) is 5.84 Å². The van der Waals surface area contributed by atoms with E-state index in [0.717, 1.165) is 30.0 Å². The van der Waals surface area contributed by atoms with Gasteiger partial charge in [0.05, 0.1) is 11.8 Å². The molecule has 2 rings (SSSR count). The fourth-order valence-corrected chi connectivity index (χ4v) is 2.96. The summed E-state index contributed by atoms with van der Waals surface area (Å²) in [5.74, 6) is 7.55. The van der Waals surface area contributed by atoms with Crippen LogP contribution in [0.3, 0.4) is 0 Å². The minimum atomic E-state index is 0.361. The topological polar surface area (TPSA) is 67.8 Å². The maximum Gasteiger partial charge on any atom is 0.142 e. The first-order valence-corrected chi connectivity index (χ1v) is 7.91. The second kappa shape index (κ2) is 7.40. The summed E-state index contributed by atoms with van der Waals surface area (Å²) >= 11 is 0. The maximum atomic E-state index is 6.25.